The van der Waals surface area contributed by atoms with Crippen molar-refractivity contribution in [2.45, 2.75) is 49.3 Å². The second-order valence-electron chi connectivity index (χ2n) is 9.49. The lowest BCUT2D eigenvalue weighted by molar-refractivity contribution is -0.143. The first-order chi connectivity index (χ1) is 16.6. The predicted octanol–water partition coefficient (Wildman–Crippen LogP) is 5.92. The highest BCUT2D eigenvalue weighted by molar-refractivity contribution is 7.90. The fraction of sp³-hybridized carbons (Fsp3) is 0.250. The molecule has 2 atom stereocenters. The van der Waals surface area contributed by atoms with Crippen LogP contribution in [0, 0.1) is 19.7 Å². The van der Waals surface area contributed by atoms with Gasteiger partial charge in [0.1, 0.15) is 5.82 Å². The first kappa shape index (κ1) is 23.3. The van der Waals surface area contributed by atoms with Crippen molar-refractivity contribution in [2.24, 2.45) is 0 Å². The van der Waals surface area contributed by atoms with E-state index < -0.39 is 27.2 Å². The van der Waals surface area contributed by atoms with Gasteiger partial charge >= 0.3 is 5.97 Å². The fourth-order valence-corrected chi connectivity index (χ4v) is 6.79. The van der Waals surface area contributed by atoms with Crippen LogP contribution in [0.4, 0.5) is 4.39 Å². The molecule has 1 heterocycles. The number of nitrogens with zero attached hydrogens (tertiary/aromatic N) is 1. The van der Waals surface area contributed by atoms with Crippen LogP contribution in [-0.2, 0) is 20.2 Å². The van der Waals surface area contributed by atoms with Gasteiger partial charge in [0.25, 0.3) is 10.0 Å². The molecule has 1 fully saturated rings. The highest BCUT2D eigenvalue weighted by Crippen LogP contribution is 2.50. The van der Waals surface area contributed by atoms with Crippen molar-refractivity contribution in [3.05, 3.63) is 101 Å². The van der Waals surface area contributed by atoms with Crippen LogP contribution in [0.5, 0.6) is 0 Å². The van der Waals surface area contributed by atoms with Crippen LogP contribution in [0.2, 0.25) is 0 Å². The standard InChI is InChI=1S/C28H26FNO4S/c1-18-6-9-23(10-7-18)35(33,34)30-15-13-21-16-20(8-11-26(21)30)22-12-14-28(17-22,27(31)32)24-4-3-5-25(29)19(24)2/h3-11,13,15-16,22H,12,14,17H2,1-2H3,(H,31,32)/t22-,28+/m0/s1. The minimum atomic E-state index is -3.74. The summed E-state index contributed by atoms with van der Waals surface area (Å²) in [5.74, 6) is -1.37. The van der Waals surface area contributed by atoms with Crippen LogP contribution < -0.4 is 0 Å². The maximum atomic E-state index is 14.3. The lowest BCUT2D eigenvalue weighted by atomic mass is 9.75. The second kappa shape index (κ2) is 8.34. The minimum absolute atomic E-state index is 0.0322. The molecular formula is C28H26FNO4S. The Morgan fingerprint density at radius 2 is 1.80 bits per heavy atom. The van der Waals surface area contributed by atoms with E-state index in [2.05, 4.69) is 0 Å². The molecule has 3 aromatic carbocycles. The van der Waals surface area contributed by atoms with E-state index >= 15 is 0 Å². The molecule has 7 heteroatoms. The van der Waals surface area contributed by atoms with E-state index in [1.165, 1.54) is 10.0 Å². The molecular weight excluding hydrogens is 465 g/mol. The number of aryl methyl sites for hydroxylation is 1. The Balaban J connectivity index is 1.50. The van der Waals surface area contributed by atoms with Crippen molar-refractivity contribution in [1.82, 2.24) is 3.97 Å². The molecule has 0 unspecified atom stereocenters. The van der Waals surface area contributed by atoms with Gasteiger partial charge in [-0.05, 0) is 92.1 Å². The summed E-state index contributed by atoms with van der Waals surface area (Å²) in [6.45, 7) is 3.53. The zero-order chi connectivity index (χ0) is 25.0. The number of benzene rings is 3. The molecule has 5 nitrogen and oxygen atoms in total. The summed E-state index contributed by atoms with van der Waals surface area (Å²) in [4.78, 5) is 12.7. The average molecular weight is 492 g/mol. The van der Waals surface area contributed by atoms with Gasteiger partial charge < -0.3 is 5.11 Å². The van der Waals surface area contributed by atoms with E-state index in [4.69, 9.17) is 0 Å². The van der Waals surface area contributed by atoms with E-state index in [-0.39, 0.29) is 10.8 Å². The van der Waals surface area contributed by atoms with Gasteiger partial charge in [-0.1, -0.05) is 35.9 Å². The SMILES string of the molecule is Cc1ccc(S(=O)(=O)n2ccc3cc([C@H]4CC[C@](C(=O)O)(c5cccc(F)c5C)C4)ccc32)cc1. The van der Waals surface area contributed by atoms with Gasteiger partial charge in [-0.3, -0.25) is 4.79 Å². The molecule has 5 rings (SSSR count). The molecule has 0 radical (unpaired) electrons. The van der Waals surface area contributed by atoms with E-state index in [9.17, 15) is 22.7 Å². The third-order valence-corrected chi connectivity index (χ3v) is 9.14. The highest BCUT2D eigenvalue weighted by atomic mass is 32.2. The van der Waals surface area contributed by atoms with E-state index in [1.54, 1.807) is 61.7 Å². The largest absolute Gasteiger partial charge is 0.481 e. The number of hydrogen-bond donors (Lipinski definition) is 1. The van der Waals surface area contributed by atoms with Crippen LogP contribution >= 0.6 is 0 Å². The molecule has 0 amide bonds. The summed E-state index contributed by atoms with van der Waals surface area (Å²) in [5, 5.41) is 11.0. The summed E-state index contributed by atoms with van der Waals surface area (Å²) >= 11 is 0. The van der Waals surface area contributed by atoms with Crippen LogP contribution in [0.15, 0.2) is 77.8 Å². The highest BCUT2D eigenvalue weighted by Gasteiger charge is 2.48. The minimum Gasteiger partial charge on any atom is -0.481 e. The van der Waals surface area contributed by atoms with Crippen molar-refractivity contribution in [2.75, 3.05) is 0 Å². The summed E-state index contributed by atoms with van der Waals surface area (Å²) in [6, 6.07) is 18.7. The molecule has 1 aliphatic rings. The quantitative estimate of drug-likeness (QED) is 0.376. The summed E-state index contributed by atoms with van der Waals surface area (Å²) in [7, 11) is -3.74. The van der Waals surface area contributed by atoms with E-state index in [0.29, 0.717) is 35.9 Å². The molecule has 180 valence electrons. The predicted molar refractivity (Wildman–Crippen MR) is 133 cm³/mol. The maximum Gasteiger partial charge on any atom is 0.314 e. The Morgan fingerprint density at radius 3 is 2.51 bits per heavy atom. The van der Waals surface area contributed by atoms with Crippen LogP contribution in [0.25, 0.3) is 10.9 Å². The van der Waals surface area contributed by atoms with E-state index in [0.717, 1.165) is 16.5 Å². The molecule has 35 heavy (non-hydrogen) atoms. The maximum absolute atomic E-state index is 14.3. The number of aliphatic carboxylic acids is 1. The Morgan fingerprint density at radius 1 is 1.06 bits per heavy atom. The molecule has 1 N–H and O–H groups in total. The van der Waals surface area contributed by atoms with Gasteiger partial charge in [0.05, 0.1) is 15.8 Å². The molecule has 0 saturated heterocycles. The number of fused-ring (bicyclic) bond motifs is 1. The number of carboxylic acid groups (broad SMARTS) is 1. The molecule has 0 aliphatic heterocycles. The molecule has 0 bridgehead atoms. The fourth-order valence-electron chi connectivity index (χ4n) is 5.43. The van der Waals surface area contributed by atoms with Gasteiger partial charge in [-0.25, -0.2) is 16.8 Å². The molecule has 1 aliphatic carbocycles. The van der Waals surface area contributed by atoms with Gasteiger partial charge in [-0.2, -0.15) is 0 Å². The number of carbonyl (C=O) groups is 1. The number of halogens is 1. The molecule has 4 aromatic rings. The van der Waals surface area contributed by atoms with Gasteiger partial charge in [0.2, 0.25) is 0 Å². The van der Waals surface area contributed by atoms with Crippen molar-refractivity contribution >= 4 is 26.9 Å². The monoisotopic (exact) mass is 491 g/mol. The Bertz CT molecular complexity index is 1560. The summed E-state index contributed by atoms with van der Waals surface area (Å²) in [6.07, 6.45) is 2.98. The lowest BCUT2D eigenvalue weighted by Crippen LogP contribution is -2.34. The second-order valence-corrected chi connectivity index (χ2v) is 11.3. The van der Waals surface area contributed by atoms with Crippen molar-refractivity contribution < 1.29 is 22.7 Å². The number of hydrogen-bond acceptors (Lipinski definition) is 3. The van der Waals surface area contributed by atoms with Crippen LogP contribution in [0.3, 0.4) is 0 Å². The average Bonchev–Trinajstić information content (AvgIpc) is 3.47. The third-order valence-electron chi connectivity index (χ3n) is 7.43. The first-order valence-electron chi connectivity index (χ1n) is 11.6. The molecule has 1 saturated carbocycles. The number of carboxylic acids is 1. The smallest absolute Gasteiger partial charge is 0.314 e. The molecule has 1 aromatic heterocycles. The topological polar surface area (TPSA) is 76.4 Å². The van der Waals surface area contributed by atoms with Crippen LogP contribution in [0.1, 0.15) is 47.4 Å². The van der Waals surface area contributed by atoms with Gasteiger partial charge in [0, 0.05) is 11.6 Å². The first-order valence-corrected chi connectivity index (χ1v) is 13.0. The number of aromatic nitrogens is 1. The van der Waals surface area contributed by atoms with Gasteiger partial charge in [0.15, 0.2) is 0 Å². The van der Waals surface area contributed by atoms with Crippen LogP contribution in [-0.4, -0.2) is 23.5 Å². The zero-order valence-electron chi connectivity index (χ0n) is 19.5. The van der Waals surface area contributed by atoms with Crippen molar-refractivity contribution in [3.63, 3.8) is 0 Å². The summed E-state index contributed by atoms with van der Waals surface area (Å²) in [5.41, 5.74) is 2.27. The Labute approximate surface area is 203 Å². The Kier molecular flexibility index (Phi) is 5.55. The van der Waals surface area contributed by atoms with Gasteiger partial charge in [-0.15, -0.1) is 0 Å². The van der Waals surface area contributed by atoms with Crippen molar-refractivity contribution in [1.29, 1.82) is 0 Å². The zero-order valence-corrected chi connectivity index (χ0v) is 20.3. The third kappa shape index (κ3) is 3.74. The van der Waals surface area contributed by atoms with E-state index in [1.807, 2.05) is 19.1 Å². The number of rotatable bonds is 5. The lowest BCUT2D eigenvalue weighted by Gasteiger charge is -2.27. The van der Waals surface area contributed by atoms with Crippen molar-refractivity contribution in [3.8, 4) is 0 Å². The normalized spacial score (nSPS) is 20.4. The Hall–Kier alpha value is -3.45. The summed E-state index contributed by atoms with van der Waals surface area (Å²) < 4.78 is 41.9. The molecule has 0 spiro atoms.